The van der Waals surface area contributed by atoms with Crippen LogP contribution in [-0.2, 0) is 23.8 Å². The molecule has 0 spiro atoms. The number of carbonyl (C=O) groups is 2. The molecule has 0 atom stereocenters. The second-order valence-electron chi connectivity index (χ2n) is 2.30. The molecule has 0 aromatic heterocycles. The maximum Gasteiger partial charge on any atom is 0.346 e. The van der Waals surface area contributed by atoms with Crippen molar-refractivity contribution in [1.29, 1.82) is 0 Å². The zero-order chi connectivity index (χ0) is 11.4. The van der Waals surface area contributed by atoms with E-state index in [2.05, 4.69) is 9.68 Å². The van der Waals surface area contributed by atoms with E-state index in [0.29, 0.717) is 0 Å². The van der Waals surface area contributed by atoms with Gasteiger partial charge in [-0.3, -0.25) is 14.2 Å². The lowest BCUT2D eigenvalue weighted by molar-refractivity contribution is -0.315. The van der Waals surface area contributed by atoms with E-state index in [9.17, 15) is 14.2 Å². The van der Waals surface area contributed by atoms with Gasteiger partial charge < -0.3 is 19.5 Å². The second-order valence-corrected chi connectivity index (χ2v) is 3.92. The van der Waals surface area contributed by atoms with E-state index < -0.39 is 25.8 Å². The predicted molar refractivity (Wildman–Crippen MR) is 42.3 cm³/mol. The lowest BCUT2D eigenvalue weighted by Crippen LogP contribution is -2.29. The van der Waals surface area contributed by atoms with Crippen LogP contribution in [0.25, 0.3) is 0 Å². The zero-order valence-electron chi connectivity index (χ0n) is 7.54. The van der Waals surface area contributed by atoms with Gasteiger partial charge in [0.05, 0.1) is 0 Å². The summed E-state index contributed by atoms with van der Waals surface area (Å²) < 4.78 is 10.5. The summed E-state index contributed by atoms with van der Waals surface area (Å²) in [6, 6.07) is 0. The third-order valence-corrected chi connectivity index (χ3v) is 1.36. The molecule has 82 valence electrons. The van der Waals surface area contributed by atoms with E-state index in [4.69, 9.17) is 9.79 Å². The van der Waals surface area contributed by atoms with E-state index in [-0.39, 0.29) is 5.23 Å². The Balaban J connectivity index is 4.32. The minimum atomic E-state index is -4.46. The summed E-state index contributed by atoms with van der Waals surface area (Å²) >= 11 is 0. The van der Waals surface area contributed by atoms with Crippen LogP contribution in [0.3, 0.4) is 0 Å². The van der Waals surface area contributed by atoms with Crippen molar-refractivity contribution in [2.45, 2.75) is 13.8 Å². The summed E-state index contributed by atoms with van der Waals surface area (Å²) in [5, 5.41) is 0.144. The molecule has 0 amide bonds. The normalized spacial score (nSPS) is 11.2. The number of hydrogen-bond donors (Lipinski definition) is 2. The number of rotatable bonds is 4. The molecule has 0 bridgehead atoms. The van der Waals surface area contributed by atoms with Crippen LogP contribution in [0, 0.1) is 0 Å². The standard InChI is InChI=1S/C5H10NO7P/c1-4(7)12-6(13-5(2)8)3-14(9,10)11/h3H2,1-2H3,(H2,9,10,11). The highest BCUT2D eigenvalue weighted by atomic mass is 31.2. The second kappa shape index (κ2) is 5.06. The number of nitrogens with zero attached hydrogens (tertiary/aromatic N) is 1. The number of carbonyl (C=O) groups excluding carboxylic acids is 2. The van der Waals surface area contributed by atoms with Gasteiger partial charge in [0.2, 0.25) is 0 Å². The molecule has 0 fully saturated rings. The minimum Gasteiger partial charge on any atom is -0.333 e. The fraction of sp³-hybridized carbons (Fsp3) is 0.600. The number of hydrogen-bond acceptors (Lipinski definition) is 6. The fourth-order valence-electron chi connectivity index (χ4n) is 0.514. The molecule has 14 heavy (non-hydrogen) atoms. The molecule has 9 heteroatoms. The van der Waals surface area contributed by atoms with Crippen molar-refractivity contribution in [3.63, 3.8) is 0 Å². The summed E-state index contributed by atoms with van der Waals surface area (Å²) in [6.45, 7) is 1.99. The third kappa shape index (κ3) is 7.69. The van der Waals surface area contributed by atoms with Gasteiger partial charge in [0.1, 0.15) is 0 Å². The van der Waals surface area contributed by atoms with Crippen molar-refractivity contribution in [2.24, 2.45) is 0 Å². The average molecular weight is 227 g/mol. The Hall–Kier alpha value is -0.950. The summed E-state index contributed by atoms with van der Waals surface area (Å²) in [6.07, 6.45) is -1.01. The van der Waals surface area contributed by atoms with Crippen molar-refractivity contribution in [1.82, 2.24) is 5.23 Å². The lowest BCUT2D eigenvalue weighted by atomic mass is 10.8. The van der Waals surface area contributed by atoms with Gasteiger partial charge in [-0.15, -0.1) is 0 Å². The molecule has 0 aliphatic heterocycles. The first-order chi connectivity index (χ1) is 6.20. The van der Waals surface area contributed by atoms with Crippen LogP contribution >= 0.6 is 7.60 Å². The molecule has 2 N–H and O–H groups in total. The number of hydroxylamine groups is 2. The van der Waals surface area contributed by atoms with Gasteiger partial charge in [0.25, 0.3) is 0 Å². The molecule has 0 aliphatic rings. The van der Waals surface area contributed by atoms with Crippen molar-refractivity contribution < 1.29 is 33.6 Å². The summed E-state index contributed by atoms with van der Waals surface area (Å²) in [5.41, 5.74) is 0. The highest BCUT2D eigenvalue weighted by Crippen LogP contribution is 2.35. The van der Waals surface area contributed by atoms with Gasteiger partial charge in [-0.1, -0.05) is 0 Å². The Labute approximate surface area is 79.5 Å². The van der Waals surface area contributed by atoms with Crippen molar-refractivity contribution >= 4 is 19.5 Å². The van der Waals surface area contributed by atoms with Crippen LogP contribution in [-0.4, -0.2) is 33.2 Å². The maximum absolute atomic E-state index is 10.5. The molecule has 0 rings (SSSR count). The lowest BCUT2D eigenvalue weighted by Gasteiger charge is -2.17. The first-order valence-electron chi connectivity index (χ1n) is 3.40. The highest BCUT2D eigenvalue weighted by molar-refractivity contribution is 7.51. The summed E-state index contributed by atoms with van der Waals surface area (Å²) in [5.74, 6) is -1.72. The Morgan fingerprint density at radius 1 is 1.21 bits per heavy atom. The highest BCUT2D eigenvalue weighted by Gasteiger charge is 2.24. The van der Waals surface area contributed by atoms with Crippen molar-refractivity contribution in [3.8, 4) is 0 Å². The van der Waals surface area contributed by atoms with E-state index >= 15 is 0 Å². The van der Waals surface area contributed by atoms with Crippen LogP contribution in [0.2, 0.25) is 0 Å². The first-order valence-corrected chi connectivity index (χ1v) is 5.19. The Bertz CT molecular complexity index is 255. The molecule has 0 radical (unpaired) electrons. The molecule has 0 saturated heterocycles. The molecular formula is C5H10NO7P. The van der Waals surface area contributed by atoms with Crippen LogP contribution in [0.15, 0.2) is 0 Å². The van der Waals surface area contributed by atoms with Gasteiger partial charge in [0, 0.05) is 19.1 Å². The molecule has 0 aromatic carbocycles. The molecule has 8 nitrogen and oxygen atoms in total. The van der Waals surface area contributed by atoms with Gasteiger partial charge in [-0.05, 0) is 0 Å². The predicted octanol–water partition coefficient (Wildman–Crippen LogP) is -0.620. The monoisotopic (exact) mass is 227 g/mol. The zero-order valence-corrected chi connectivity index (χ0v) is 8.43. The molecule has 0 heterocycles. The molecular weight excluding hydrogens is 217 g/mol. The molecule has 0 aromatic rings. The Morgan fingerprint density at radius 2 is 1.57 bits per heavy atom. The first kappa shape index (κ1) is 13.1. The van der Waals surface area contributed by atoms with E-state index in [1.807, 2.05) is 0 Å². The van der Waals surface area contributed by atoms with E-state index in [1.165, 1.54) is 0 Å². The van der Waals surface area contributed by atoms with Crippen molar-refractivity contribution in [2.75, 3.05) is 6.29 Å². The summed E-state index contributed by atoms with van der Waals surface area (Å²) in [4.78, 5) is 46.2. The van der Waals surface area contributed by atoms with Gasteiger partial charge in [0.15, 0.2) is 6.29 Å². The third-order valence-electron chi connectivity index (χ3n) is 0.760. The molecule has 0 aliphatic carbocycles. The molecule has 0 saturated carbocycles. The SMILES string of the molecule is CC(=O)ON(CP(=O)(O)O)OC(C)=O. The topological polar surface area (TPSA) is 113 Å². The van der Waals surface area contributed by atoms with Gasteiger partial charge in [-0.2, -0.15) is 0 Å². The van der Waals surface area contributed by atoms with Crippen LogP contribution < -0.4 is 0 Å². The minimum absolute atomic E-state index is 0.144. The van der Waals surface area contributed by atoms with Crippen molar-refractivity contribution in [3.05, 3.63) is 0 Å². The van der Waals surface area contributed by atoms with Crippen LogP contribution in [0.4, 0.5) is 0 Å². The quantitative estimate of drug-likeness (QED) is 0.482. The molecule has 0 unspecified atom stereocenters. The smallest absolute Gasteiger partial charge is 0.333 e. The van der Waals surface area contributed by atoms with E-state index in [1.54, 1.807) is 0 Å². The van der Waals surface area contributed by atoms with Crippen LogP contribution in [0.5, 0.6) is 0 Å². The van der Waals surface area contributed by atoms with Crippen LogP contribution in [0.1, 0.15) is 13.8 Å². The van der Waals surface area contributed by atoms with E-state index in [0.717, 1.165) is 13.8 Å². The fourth-order valence-corrected chi connectivity index (χ4v) is 0.930. The summed E-state index contributed by atoms with van der Waals surface area (Å²) in [7, 11) is -4.46. The largest absolute Gasteiger partial charge is 0.346 e. The average Bonchev–Trinajstić information content (AvgIpc) is 1.77. The van der Waals surface area contributed by atoms with Gasteiger partial charge in [-0.25, -0.2) is 0 Å². The maximum atomic E-state index is 10.5. The Morgan fingerprint density at radius 3 is 1.79 bits per heavy atom. The Kier molecular flexibility index (Phi) is 4.72. The van der Waals surface area contributed by atoms with Gasteiger partial charge >= 0.3 is 19.5 Å².